The average molecular weight is 304 g/mol. The van der Waals surface area contributed by atoms with Crippen molar-refractivity contribution < 1.29 is 27.8 Å². The van der Waals surface area contributed by atoms with Crippen LogP contribution in [0.5, 0.6) is 0 Å². The second-order valence-corrected chi connectivity index (χ2v) is 4.89. The second-order valence-electron chi connectivity index (χ2n) is 4.89. The standard InChI is InChI=1S/C13H15F3N2O3/c14-8-5-10(16)11(6-9(8)15)18-12(19)17-7-13(20)1-3-21-4-2-13/h5-6,20H,1-4,7H2,(H2,17,18,19). The lowest BCUT2D eigenvalue weighted by molar-refractivity contribution is -0.0598. The van der Waals surface area contributed by atoms with Gasteiger partial charge in [-0.1, -0.05) is 0 Å². The van der Waals surface area contributed by atoms with E-state index in [2.05, 4.69) is 10.6 Å². The number of urea groups is 1. The van der Waals surface area contributed by atoms with Gasteiger partial charge in [0.2, 0.25) is 0 Å². The minimum Gasteiger partial charge on any atom is -0.388 e. The van der Waals surface area contributed by atoms with E-state index in [9.17, 15) is 23.1 Å². The number of hydrogen-bond donors (Lipinski definition) is 3. The van der Waals surface area contributed by atoms with E-state index in [0.717, 1.165) is 0 Å². The number of halogens is 3. The van der Waals surface area contributed by atoms with E-state index < -0.39 is 34.8 Å². The molecule has 1 fully saturated rings. The summed E-state index contributed by atoms with van der Waals surface area (Å²) >= 11 is 0. The summed E-state index contributed by atoms with van der Waals surface area (Å²) in [5, 5.41) is 14.5. The molecule has 5 nitrogen and oxygen atoms in total. The Morgan fingerprint density at radius 1 is 1.19 bits per heavy atom. The van der Waals surface area contributed by atoms with Crippen LogP contribution in [-0.2, 0) is 4.74 Å². The highest BCUT2D eigenvalue weighted by Gasteiger charge is 2.30. The molecule has 0 bridgehead atoms. The third-order valence-electron chi connectivity index (χ3n) is 3.26. The van der Waals surface area contributed by atoms with Crippen LogP contribution in [0, 0.1) is 17.5 Å². The van der Waals surface area contributed by atoms with Gasteiger partial charge in [0.05, 0.1) is 11.3 Å². The van der Waals surface area contributed by atoms with E-state index in [1.807, 2.05) is 0 Å². The molecule has 1 aliphatic rings. The largest absolute Gasteiger partial charge is 0.388 e. The van der Waals surface area contributed by atoms with E-state index in [0.29, 0.717) is 38.2 Å². The minimum atomic E-state index is -1.34. The Hall–Kier alpha value is -1.80. The Labute approximate surface area is 119 Å². The zero-order valence-corrected chi connectivity index (χ0v) is 11.1. The third-order valence-corrected chi connectivity index (χ3v) is 3.26. The molecule has 2 rings (SSSR count). The Morgan fingerprint density at radius 3 is 2.48 bits per heavy atom. The fraction of sp³-hybridized carbons (Fsp3) is 0.462. The van der Waals surface area contributed by atoms with Crippen molar-refractivity contribution in [3.63, 3.8) is 0 Å². The van der Waals surface area contributed by atoms with E-state index in [1.54, 1.807) is 0 Å². The van der Waals surface area contributed by atoms with Crippen LogP contribution < -0.4 is 10.6 Å². The van der Waals surface area contributed by atoms with Crippen molar-refractivity contribution in [2.45, 2.75) is 18.4 Å². The van der Waals surface area contributed by atoms with Crippen molar-refractivity contribution >= 4 is 11.7 Å². The van der Waals surface area contributed by atoms with Crippen LogP contribution >= 0.6 is 0 Å². The Balaban J connectivity index is 1.91. The van der Waals surface area contributed by atoms with Crippen LogP contribution in [0.1, 0.15) is 12.8 Å². The van der Waals surface area contributed by atoms with Crippen LogP contribution in [0.3, 0.4) is 0 Å². The zero-order valence-electron chi connectivity index (χ0n) is 11.1. The molecule has 116 valence electrons. The molecule has 1 aromatic rings. The van der Waals surface area contributed by atoms with Gasteiger partial charge in [0.25, 0.3) is 0 Å². The summed E-state index contributed by atoms with van der Waals surface area (Å²) in [5.74, 6) is -3.70. The first kappa shape index (κ1) is 15.6. The van der Waals surface area contributed by atoms with Gasteiger partial charge >= 0.3 is 6.03 Å². The quantitative estimate of drug-likeness (QED) is 0.745. The number of carbonyl (C=O) groups is 1. The maximum absolute atomic E-state index is 13.3. The summed E-state index contributed by atoms with van der Waals surface area (Å²) in [6, 6.07) is 0.0736. The van der Waals surface area contributed by atoms with Gasteiger partial charge in [-0.2, -0.15) is 0 Å². The van der Waals surface area contributed by atoms with Crippen LogP contribution in [0.25, 0.3) is 0 Å². The number of amides is 2. The van der Waals surface area contributed by atoms with Crippen LogP contribution in [0.2, 0.25) is 0 Å². The molecule has 0 atom stereocenters. The zero-order chi connectivity index (χ0) is 15.5. The first-order valence-electron chi connectivity index (χ1n) is 6.39. The SMILES string of the molecule is O=C(NCC1(O)CCOCC1)Nc1cc(F)c(F)cc1F. The number of rotatable bonds is 3. The van der Waals surface area contributed by atoms with Gasteiger partial charge < -0.3 is 20.5 Å². The molecule has 1 aliphatic heterocycles. The number of hydrogen-bond acceptors (Lipinski definition) is 3. The smallest absolute Gasteiger partial charge is 0.319 e. The number of ether oxygens (including phenoxy) is 1. The maximum atomic E-state index is 13.3. The summed E-state index contributed by atoms with van der Waals surface area (Å²) in [6.45, 7) is 0.725. The van der Waals surface area contributed by atoms with E-state index in [4.69, 9.17) is 4.74 Å². The van der Waals surface area contributed by atoms with Crippen molar-refractivity contribution in [2.75, 3.05) is 25.1 Å². The number of aliphatic hydroxyl groups is 1. The molecule has 0 aromatic heterocycles. The van der Waals surface area contributed by atoms with Gasteiger partial charge in [0.15, 0.2) is 11.6 Å². The number of anilines is 1. The molecule has 3 N–H and O–H groups in total. The molecule has 0 radical (unpaired) electrons. The Bertz CT molecular complexity index is 534. The van der Waals surface area contributed by atoms with E-state index in [-0.39, 0.29) is 6.54 Å². The van der Waals surface area contributed by atoms with Crippen LogP contribution in [-0.4, -0.2) is 36.5 Å². The van der Waals surface area contributed by atoms with Crippen LogP contribution in [0.15, 0.2) is 12.1 Å². The van der Waals surface area contributed by atoms with Gasteiger partial charge in [-0.15, -0.1) is 0 Å². The lowest BCUT2D eigenvalue weighted by Crippen LogP contribution is -2.47. The first-order valence-corrected chi connectivity index (χ1v) is 6.39. The van der Waals surface area contributed by atoms with Gasteiger partial charge in [0.1, 0.15) is 5.82 Å². The topological polar surface area (TPSA) is 70.6 Å². The monoisotopic (exact) mass is 304 g/mol. The summed E-state index contributed by atoms with van der Waals surface area (Å²) in [4.78, 5) is 11.6. The molecular weight excluding hydrogens is 289 g/mol. The number of benzene rings is 1. The maximum Gasteiger partial charge on any atom is 0.319 e. The van der Waals surface area contributed by atoms with Crippen molar-refractivity contribution in [1.82, 2.24) is 5.32 Å². The molecule has 0 unspecified atom stereocenters. The fourth-order valence-electron chi connectivity index (χ4n) is 1.96. The summed E-state index contributed by atoms with van der Waals surface area (Å²) in [6.07, 6.45) is 0.736. The van der Waals surface area contributed by atoms with Crippen molar-refractivity contribution in [3.05, 3.63) is 29.6 Å². The highest BCUT2D eigenvalue weighted by molar-refractivity contribution is 5.89. The fourth-order valence-corrected chi connectivity index (χ4v) is 1.96. The van der Waals surface area contributed by atoms with Gasteiger partial charge in [0, 0.05) is 44.7 Å². The normalized spacial score (nSPS) is 17.3. The molecule has 8 heteroatoms. The van der Waals surface area contributed by atoms with Crippen molar-refractivity contribution in [2.24, 2.45) is 0 Å². The lowest BCUT2D eigenvalue weighted by atomic mass is 9.94. The predicted molar refractivity (Wildman–Crippen MR) is 68.3 cm³/mol. The molecule has 0 spiro atoms. The van der Waals surface area contributed by atoms with Gasteiger partial charge in [-0.25, -0.2) is 18.0 Å². The van der Waals surface area contributed by atoms with E-state index >= 15 is 0 Å². The molecule has 0 aliphatic carbocycles. The second kappa shape index (κ2) is 6.31. The Kier molecular flexibility index (Phi) is 4.69. The molecule has 0 saturated carbocycles. The summed E-state index contributed by atoms with van der Waals surface area (Å²) < 4.78 is 44.2. The number of carbonyl (C=O) groups excluding carboxylic acids is 1. The number of nitrogens with one attached hydrogen (secondary N) is 2. The molecule has 21 heavy (non-hydrogen) atoms. The first-order chi connectivity index (χ1) is 9.89. The highest BCUT2D eigenvalue weighted by atomic mass is 19.2. The van der Waals surface area contributed by atoms with Gasteiger partial charge in [-0.3, -0.25) is 0 Å². The summed E-state index contributed by atoms with van der Waals surface area (Å²) in [5.41, 5.74) is -1.56. The molecule has 1 heterocycles. The summed E-state index contributed by atoms with van der Waals surface area (Å²) in [7, 11) is 0. The third kappa shape index (κ3) is 4.08. The van der Waals surface area contributed by atoms with Crippen LogP contribution in [0.4, 0.5) is 23.7 Å². The Morgan fingerprint density at radius 2 is 1.81 bits per heavy atom. The van der Waals surface area contributed by atoms with Crippen molar-refractivity contribution in [1.29, 1.82) is 0 Å². The minimum absolute atomic E-state index is 0.0481. The molecule has 1 aromatic carbocycles. The van der Waals surface area contributed by atoms with Gasteiger partial charge in [-0.05, 0) is 0 Å². The molecule has 2 amide bonds. The molecule has 1 saturated heterocycles. The highest BCUT2D eigenvalue weighted by Crippen LogP contribution is 2.20. The van der Waals surface area contributed by atoms with E-state index in [1.165, 1.54) is 0 Å². The molecular formula is C13H15F3N2O3. The van der Waals surface area contributed by atoms with Crippen molar-refractivity contribution in [3.8, 4) is 0 Å². The lowest BCUT2D eigenvalue weighted by Gasteiger charge is -2.32. The average Bonchev–Trinajstić information content (AvgIpc) is 2.44. The predicted octanol–water partition coefficient (Wildman–Crippen LogP) is 1.77.